The molecule has 10 nitrogen and oxygen atoms in total. The van der Waals surface area contributed by atoms with Crippen molar-refractivity contribution in [3.05, 3.63) is 83.5 Å². The molecule has 2 aromatic heterocycles. The molecule has 0 radical (unpaired) electrons. The molecular formula is C35H44Br3Cl2IN6O4S2. The van der Waals surface area contributed by atoms with Crippen molar-refractivity contribution in [3.63, 3.8) is 0 Å². The number of carbonyl (C=O) groups is 1. The first-order chi connectivity index (χ1) is 23.9. The molecule has 2 saturated heterocycles. The number of hydrogen-bond acceptors (Lipinski definition) is 11. The molecule has 0 saturated carbocycles. The predicted octanol–water partition coefficient (Wildman–Crippen LogP) is 10.2. The van der Waals surface area contributed by atoms with Crippen molar-refractivity contribution in [1.82, 2.24) is 20.6 Å². The van der Waals surface area contributed by atoms with Gasteiger partial charge in [-0.2, -0.15) is 0 Å². The molecule has 4 aliphatic rings. The van der Waals surface area contributed by atoms with E-state index in [-0.39, 0.29) is 66.5 Å². The summed E-state index contributed by atoms with van der Waals surface area (Å²) in [6, 6.07) is 15.9. The Kier molecular flexibility index (Phi) is 17.5. The van der Waals surface area contributed by atoms with Crippen molar-refractivity contribution in [2.45, 2.75) is 75.3 Å². The van der Waals surface area contributed by atoms with E-state index in [4.69, 9.17) is 19.9 Å². The maximum Gasteiger partial charge on any atom is 0.408 e. The summed E-state index contributed by atoms with van der Waals surface area (Å²) < 4.78 is 21.0. The molecule has 6 heterocycles. The number of nitrogens with one attached hydrogen (secondary N) is 2. The Morgan fingerprint density at radius 3 is 1.94 bits per heavy atom. The number of anilines is 1. The fourth-order valence-electron chi connectivity index (χ4n) is 6.76. The maximum atomic E-state index is 12.5. The summed E-state index contributed by atoms with van der Waals surface area (Å²) in [5.41, 5.74) is 7.33. The highest BCUT2D eigenvalue weighted by molar-refractivity contribution is 14.0. The van der Waals surface area contributed by atoms with Crippen molar-refractivity contribution in [2.75, 3.05) is 31.1 Å². The Hall–Kier alpha value is -0.960. The topological polar surface area (TPSA) is 124 Å². The number of benzene rings is 2. The smallest absolute Gasteiger partial charge is 0.408 e. The van der Waals surface area contributed by atoms with Gasteiger partial charge in [-0.25, -0.2) is 14.8 Å². The van der Waals surface area contributed by atoms with Crippen LogP contribution in [-0.2, 0) is 4.74 Å². The molecule has 1 amide bonds. The highest BCUT2D eigenvalue weighted by atomic mass is 127. The maximum absolute atomic E-state index is 12.5. The number of hydrogen-bond donors (Lipinski definition) is 3. The monoisotopic (exact) mass is 1110 g/mol. The Balaban J connectivity index is 0.000000253. The molecule has 4 N–H and O–H groups in total. The molecule has 4 aliphatic heterocycles. The van der Waals surface area contributed by atoms with E-state index in [1.165, 1.54) is 5.56 Å². The Labute approximate surface area is 373 Å². The number of carbonyl (C=O) groups excluding carboxylic acids is 1. The summed E-state index contributed by atoms with van der Waals surface area (Å²) in [6.45, 7) is 9.24. The minimum absolute atomic E-state index is 0. The number of nitrogens with two attached hydrogens (primary N) is 1. The zero-order valence-electron chi connectivity index (χ0n) is 29.3. The second kappa shape index (κ2) is 19.9. The zero-order chi connectivity index (χ0) is 35.5. The quantitative estimate of drug-likeness (QED) is 0.168. The van der Waals surface area contributed by atoms with Gasteiger partial charge < -0.3 is 35.5 Å². The summed E-state index contributed by atoms with van der Waals surface area (Å²) in [5, 5.41) is 7.44. The first-order valence-electron chi connectivity index (χ1n) is 16.5. The average Bonchev–Trinajstić information content (AvgIpc) is 3.83. The Bertz CT molecular complexity index is 1770. The molecule has 8 rings (SSSR count). The van der Waals surface area contributed by atoms with Crippen LogP contribution in [0.25, 0.3) is 0 Å². The van der Waals surface area contributed by atoms with E-state index in [1.54, 1.807) is 28.9 Å². The summed E-state index contributed by atoms with van der Waals surface area (Å²) in [6.07, 6.45) is 6.77. The minimum Gasteiger partial charge on any atom is -0.485 e. The van der Waals surface area contributed by atoms with Crippen LogP contribution in [0.2, 0.25) is 0 Å². The van der Waals surface area contributed by atoms with Crippen LogP contribution < -0.4 is 30.7 Å². The lowest BCUT2D eigenvalue weighted by Gasteiger charge is -2.42. The van der Waals surface area contributed by atoms with E-state index in [0.29, 0.717) is 0 Å². The molecule has 0 bridgehead atoms. The van der Waals surface area contributed by atoms with Crippen LogP contribution in [-0.4, -0.2) is 59.0 Å². The number of aromatic nitrogens is 2. The lowest BCUT2D eigenvalue weighted by atomic mass is 9.82. The summed E-state index contributed by atoms with van der Waals surface area (Å²) in [7, 11) is 0. The molecule has 2 atom stereocenters. The van der Waals surface area contributed by atoms with Crippen molar-refractivity contribution in [3.8, 4) is 11.5 Å². The van der Waals surface area contributed by atoms with Gasteiger partial charge in [0, 0.05) is 49.9 Å². The van der Waals surface area contributed by atoms with Gasteiger partial charge in [0.15, 0.2) is 9.05 Å². The minimum atomic E-state index is -0.544. The van der Waals surface area contributed by atoms with Crippen LogP contribution in [0, 0.1) is 0 Å². The SMILES string of the molecule is Brc1cnc(Br)s1.CC(C)(C)OC(=O)N[C@@H]1c2ccccc2OC12CCN(c1ncc(Br)s1)CC2.Cl.Cl.I.N[C@@H]1c2ccccc2OC12CCNCC2. The number of rotatable bonds is 2. The first kappa shape index (κ1) is 46.4. The van der Waals surface area contributed by atoms with Crippen LogP contribution in [0.5, 0.6) is 11.5 Å². The number of thiazole rings is 2. The van der Waals surface area contributed by atoms with Gasteiger partial charge in [0.25, 0.3) is 0 Å². The third-order valence-corrected chi connectivity index (χ3v) is 12.6. The van der Waals surface area contributed by atoms with Crippen LogP contribution in [0.15, 0.2) is 72.4 Å². The normalized spacial score (nSPS) is 19.9. The number of alkyl carbamates (subject to hydrolysis) is 1. The largest absolute Gasteiger partial charge is 0.485 e. The molecule has 292 valence electrons. The highest BCUT2D eigenvalue weighted by Crippen LogP contribution is 2.49. The molecule has 18 heteroatoms. The second-order valence-corrected chi connectivity index (χ2v) is 19.6. The molecule has 2 fully saturated rings. The molecule has 4 aromatic rings. The van der Waals surface area contributed by atoms with Gasteiger partial charge in [0.05, 0.1) is 26.0 Å². The van der Waals surface area contributed by atoms with Crippen LogP contribution in [0.3, 0.4) is 0 Å². The van der Waals surface area contributed by atoms with Crippen LogP contribution in [0.4, 0.5) is 9.93 Å². The fourth-order valence-corrected chi connectivity index (χ4v) is 10.2. The van der Waals surface area contributed by atoms with Crippen molar-refractivity contribution in [1.29, 1.82) is 0 Å². The van der Waals surface area contributed by atoms with E-state index in [1.807, 2.05) is 69.4 Å². The summed E-state index contributed by atoms with van der Waals surface area (Å²) in [4.78, 5) is 23.2. The van der Waals surface area contributed by atoms with Crippen LogP contribution >= 0.6 is 119 Å². The van der Waals surface area contributed by atoms with Gasteiger partial charge in [-0.1, -0.05) is 47.7 Å². The first-order valence-corrected chi connectivity index (χ1v) is 20.5. The average molecular weight is 1110 g/mol. The molecule has 53 heavy (non-hydrogen) atoms. The molecule has 2 spiro atoms. The van der Waals surface area contributed by atoms with Crippen molar-refractivity contribution >= 4 is 130 Å². The van der Waals surface area contributed by atoms with Gasteiger partial charge in [0.1, 0.15) is 34.3 Å². The van der Waals surface area contributed by atoms with E-state index >= 15 is 0 Å². The van der Waals surface area contributed by atoms with E-state index in [2.05, 4.69) is 79.4 Å². The van der Waals surface area contributed by atoms with E-state index in [0.717, 1.165) is 85.5 Å². The summed E-state index contributed by atoms with van der Waals surface area (Å²) in [5.74, 6) is 1.82. The third kappa shape index (κ3) is 11.3. The van der Waals surface area contributed by atoms with E-state index < -0.39 is 17.3 Å². The van der Waals surface area contributed by atoms with Crippen molar-refractivity contribution in [2.24, 2.45) is 5.73 Å². The summed E-state index contributed by atoms with van der Waals surface area (Å²) >= 11 is 13.1. The number of halogens is 6. The van der Waals surface area contributed by atoms with Crippen LogP contribution in [0.1, 0.15) is 69.7 Å². The predicted molar refractivity (Wildman–Crippen MR) is 239 cm³/mol. The van der Waals surface area contributed by atoms with Gasteiger partial charge in [-0.3, -0.25) is 0 Å². The highest BCUT2D eigenvalue weighted by Gasteiger charge is 2.51. The fraction of sp³-hybridized carbons (Fsp3) is 0.457. The molecular weight excluding hydrogens is 1070 g/mol. The number of para-hydroxylation sites is 2. The number of amides is 1. The molecule has 2 aromatic carbocycles. The lowest BCUT2D eigenvalue weighted by Crippen LogP contribution is -2.54. The lowest BCUT2D eigenvalue weighted by molar-refractivity contribution is 0.0150. The zero-order valence-corrected chi connectivity index (χ0v) is 39.7. The standard InChI is InChI=1S/C20H24BrN3O3S.C12H16N2O.C3HBr2NS.2ClH.HI/c1-19(2,3)27-18(25)23-16-13-6-4-5-7-14(13)26-20(16)8-10-24(11-9-20)17-22-12-15(21)28-17;13-11-9-3-1-2-4-10(9)15-12(11)5-7-14-8-6-12;4-2-1-6-3(5)7-2;;;/h4-7,12,16H,8-11H2,1-3H3,(H,23,25);1-4,11,14H,5-8,13H2;1H;3*1H/t16-;11-;;;;/m11..../s1. The van der Waals surface area contributed by atoms with Gasteiger partial charge in [-0.05, 0) is 93.8 Å². The van der Waals surface area contributed by atoms with Gasteiger partial charge in [-0.15, -0.1) is 60.1 Å². The number of piperidine rings is 2. The van der Waals surface area contributed by atoms with Crippen molar-refractivity contribution < 1.29 is 19.0 Å². The van der Waals surface area contributed by atoms with E-state index in [9.17, 15) is 4.79 Å². The number of fused-ring (bicyclic) bond motifs is 2. The number of ether oxygens (including phenoxy) is 3. The number of nitrogens with zero attached hydrogens (tertiary/aromatic N) is 3. The molecule has 0 unspecified atom stereocenters. The van der Waals surface area contributed by atoms with Gasteiger partial charge >= 0.3 is 6.09 Å². The van der Waals surface area contributed by atoms with Gasteiger partial charge in [0.2, 0.25) is 0 Å². The Morgan fingerprint density at radius 1 is 0.887 bits per heavy atom. The second-order valence-electron chi connectivity index (χ2n) is 13.6. The third-order valence-electron chi connectivity index (χ3n) is 9.11. The Morgan fingerprint density at radius 2 is 1.43 bits per heavy atom. The molecule has 0 aliphatic carbocycles.